The van der Waals surface area contributed by atoms with Crippen LogP contribution in [0.3, 0.4) is 0 Å². The Morgan fingerprint density at radius 2 is 2.05 bits per heavy atom. The lowest BCUT2D eigenvalue weighted by Crippen LogP contribution is -2.35. The fourth-order valence-corrected chi connectivity index (χ4v) is 5.83. The molecule has 5 aromatic rings. The number of rotatable bonds is 7. The molecule has 1 aromatic carbocycles. The minimum Gasteiger partial charge on any atom is -0.417 e. The lowest BCUT2D eigenvalue weighted by Gasteiger charge is -2.23. The quantitative estimate of drug-likeness (QED) is 0.320. The van der Waals surface area contributed by atoms with Crippen molar-refractivity contribution >= 4 is 17.2 Å². The lowest BCUT2D eigenvalue weighted by molar-refractivity contribution is 0.0735. The second-order valence-electron chi connectivity index (χ2n) is 10.0. The second kappa shape index (κ2) is 10.2. The molecule has 1 amide bonds. The highest BCUT2D eigenvalue weighted by Gasteiger charge is 2.34. The normalized spacial score (nSPS) is 16.9. The molecule has 2 N–H and O–H groups in total. The third-order valence-electron chi connectivity index (χ3n) is 6.81. The molecule has 0 radical (unpaired) electrons. The van der Waals surface area contributed by atoms with E-state index in [1.807, 2.05) is 54.5 Å². The SMILES string of the molecule is Cc1csc([C@H]2CCCN2C(=O)c2cc(-c3nnc([C@](C)(N)Cc4ccccc4)o3)nc(-n3ccnc3)c2)n1. The van der Waals surface area contributed by atoms with Gasteiger partial charge in [-0.1, -0.05) is 30.3 Å². The van der Waals surface area contributed by atoms with Gasteiger partial charge in [0.1, 0.15) is 22.8 Å². The van der Waals surface area contributed by atoms with Crippen molar-refractivity contribution in [3.05, 3.63) is 94.3 Å². The topological polar surface area (TPSA) is 129 Å². The first-order chi connectivity index (χ1) is 18.9. The Morgan fingerprint density at radius 1 is 1.21 bits per heavy atom. The predicted octanol–water partition coefficient (Wildman–Crippen LogP) is 4.48. The van der Waals surface area contributed by atoms with Gasteiger partial charge in [-0.15, -0.1) is 21.5 Å². The van der Waals surface area contributed by atoms with Crippen LogP contribution in [0.1, 0.15) is 58.3 Å². The van der Waals surface area contributed by atoms with Gasteiger partial charge in [-0.25, -0.2) is 15.0 Å². The summed E-state index contributed by atoms with van der Waals surface area (Å²) in [5.74, 6) is 0.915. The summed E-state index contributed by atoms with van der Waals surface area (Å²) in [7, 11) is 0. The number of aryl methyl sites for hydroxylation is 1. The number of imidazole rings is 1. The number of hydrogen-bond donors (Lipinski definition) is 1. The van der Waals surface area contributed by atoms with Gasteiger partial charge in [0.05, 0.1) is 11.6 Å². The molecule has 39 heavy (non-hydrogen) atoms. The Balaban J connectivity index is 1.35. The average molecular weight is 541 g/mol. The number of pyridine rings is 1. The van der Waals surface area contributed by atoms with Gasteiger partial charge in [0.15, 0.2) is 0 Å². The standard InChI is InChI=1S/C28H28N8O2S/c1-18-16-39-25(31-18)22-9-6-11-36(22)26(37)20-13-21(32-23(14-20)35-12-10-30-17-35)24-33-34-27(38-24)28(2,29)15-19-7-4-3-5-8-19/h3-5,7-8,10,12-14,16-17,22H,6,9,11,15,29H2,1-2H3/t22-,28-/m1/s1. The van der Waals surface area contributed by atoms with E-state index in [9.17, 15) is 4.79 Å². The molecule has 5 heterocycles. The highest BCUT2D eigenvalue weighted by Crippen LogP contribution is 2.35. The van der Waals surface area contributed by atoms with E-state index < -0.39 is 5.54 Å². The largest absolute Gasteiger partial charge is 0.417 e. The molecule has 1 fully saturated rings. The van der Waals surface area contributed by atoms with Crippen molar-refractivity contribution in [1.29, 1.82) is 0 Å². The number of nitrogens with zero attached hydrogens (tertiary/aromatic N) is 7. The first kappa shape index (κ1) is 25.1. The molecule has 11 heteroatoms. The van der Waals surface area contributed by atoms with Gasteiger partial charge in [0.2, 0.25) is 5.89 Å². The maximum absolute atomic E-state index is 13.9. The van der Waals surface area contributed by atoms with Gasteiger partial charge in [-0.05, 0) is 50.8 Å². The lowest BCUT2D eigenvalue weighted by atomic mass is 9.94. The number of likely N-dealkylation sites (tertiary alicyclic amines) is 1. The smallest absolute Gasteiger partial charge is 0.266 e. The van der Waals surface area contributed by atoms with E-state index in [1.54, 1.807) is 46.8 Å². The van der Waals surface area contributed by atoms with Crippen LogP contribution < -0.4 is 5.73 Å². The van der Waals surface area contributed by atoms with Crippen LogP contribution in [0.5, 0.6) is 0 Å². The summed E-state index contributed by atoms with van der Waals surface area (Å²) in [6, 6.07) is 13.3. The third-order valence-corrected chi connectivity index (χ3v) is 7.87. The highest BCUT2D eigenvalue weighted by atomic mass is 32.1. The molecule has 0 aliphatic carbocycles. The maximum atomic E-state index is 13.9. The molecule has 1 aliphatic rings. The van der Waals surface area contributed by atoms with E-state index >= 15 is 0 Å². The number of carbonyl (C=O) groups excluding carboxylic acids is 1. The van der Waals surface area contributed by atoms with E-state index in [0.29, 0.717) is 35.9 Å². The zero-order valence-electron chi connectivity index (χ0n) is 21.7. The molecule has 0 spiro atoms. The molecule has 198 valence electrons. The zero-order chi connectivity index (χ0) is 27.0. The van der Waals surface area contributed by atoms with Crippen molar-refractivity contribution in [3.8, 4) is 17.4 Å². The molecule has 10 nitrogen and oxygen atoms in total. The Kier molecular flexibility index (Phi) is 6.53. The van der Waals surface area contributed by atoms with Gasteiger partial charge in [-0.3, -0.25) is 9.36 Å². The number of carbonyl (C=O) groups is 1. The second-order valence-corrected chi connectivity index (χ2v) is 10.9. The Bertz CT molecular complexity index is 1590. The molecule has 1 saturated heterocycles. The first-order valence-electron chi connectivity index (χ1n) is 12.8. The number of benzene rings is 1. The molecule has 4 aromatic heterocycles. The van der Waals surface area contributed by atoms with Crippen LogP contribution in [0.2, 0.25) is 0 Å². The molecule has 2 atom stereocenters. The van der Waals surface area contributed by atoms with Crippen molar-refractivity contribution in [2.45, 2.75) is 44.7 Å². The van der Waals surface area contributed by atoms with E-state index in [2.05, 4.69) is 20.2 Å². The Morgan fingerprint density at radius 3 is 2.79 bits per heavy atom. The number of hydrogen-bond acceptors (Lipinski definition) is 9. The van der Waals surface area contributed by atoms with E-state index in [0.717, 1.165) is 29.1 Å². The van der Waals surface area contributed by atoms with E-state index in [1.165, 1.54) is 0 Å². The minimum atomic E-state index is -0.887. The van der Waals surface area contributed by atoms with E-state index in [4.69, 9.17) is 15.1 Å². The van der Waals surface area contributed by atoms with Crippen LogP contribution >= 0.6 is 11.3 Å². The zero-order valence-corrected chi connectivity index (χ0v) is 22.5. The summed E-state index contributed by atoms with van der Waals surface area (Å²) in [6.07, 6.45) is 7.39. The van der Waals surface area contributed by atoms with Crippen molar-refractivity contribution in [2.75, 3.05) is 6.54 Å². The van der Waals surface area contributed by atoms with E-state index in [-0.39, 0.29) is 17.8 Å². The van der Waals surface area contributed by atoms with Crippen LogP contribution in [0.15, 0.2) is 71.0 Å². The fourth-order valence-electron chi connectivity index (χ4n) is 4.89. The monoisotopic (exact) mass is 540 g/mol. The fraction of sp³-hybridized carbons (Fsp3) is 0.286. The summed E-state index contributed by atoms with van der Waals surface area (Å²) in [5, 5.41) is 11.5. The molecule has 1 aliphatic heterocycles. The van der Waals surface area contributed by atoms with Crippen molar-refractivity contribution in [2.24, 2.45) is 5.73 Å². The van der Waals surface area contributed by atoms with Gasteiger partial charge in [-0.2, -0.15) is 0 Å². The Labute approximate surface area is 229 Å². The van der Waals surface area contributed by atoms with Crippen molar-refractivity contribution in [3.63, 3.8) is 0 Å². The van der Waals surface area contributed by atoms with Gasteiger partial charge >= 0.3 is 0 Å². The summed E-state index contributed by atoms with van der Waals surface area (Å²) in [6.45, 7) is 4.49. The van der Waals surface area contributed by atoms with Crippen LogP contribution in [0.25, 0.3) is 17.4 Å². The van der Waals surface area contributed by atoms with Crippen LogP contribution in [-0.2, 0) is 12.0 Å². The van der Waals surface area contributed by atoms with Crippen LogP contribution in [0, 0.1) is 6.92 Å². The number of amides is 1. The van der Waals surface area contributed by atoms with Gasteiger partial charge < -0.3 is 15.1 Å². The molecular formula is C28H28N8O2S. The van der Waals surface area contributed by atoms with Gasteiger partial charge in [0, 0.05) is 35.6 Å². The minimum absolute atomic E-state index is 0.0459. The molecule has 0 saturated carbocycles. The third kappa shape index (κ3) is 5.10. The average Bonchev–Trinajstić information content (AvgIpc) is 3.74. The Hall–Kier alpha value is -4.22. The number of nitrogens with two attached hydrogens (primary N) is 1. The molecule has 6 rings (SSSR count). The summed E-state index contributed by atoms with van der Waals surface area (Å²) < 4.78 is 7.81. The number of aromatic nitrogens is 6. The molecule has 0 unspecified atom stereocenters. The summed E-state index contributed by atoms with van der Waals surface area (Å²) in [5.41, 5.74) is 8.61. The van der Waals surface area contributed by atoms with Crippen molar-refractivity contribution < 1.29 is 9.21 Å². The van der Waals surface area contributed by atoms with Gasteiger partial charge in [0.25, 0.3) is 11.8 Å². The van der Waals surface area contributed by atoms with Crippen LogP contribution in [-0.4, -0.2) is 47.1 Å². The molecule has 0 bridgehead atoms. The maximum Gasteiger partial charge on any atom is 0.266 e. The first-order valence-corrected chi connectivity index (χ1v) is 13.7. The summed E-state index contributed by atoms with van der Waals surface area (Å²) in [4.78, 5) is 29.3. The van der Waals surface area contributed by atoms with Crippen molar-refractivity contribution in [1.82, 2.24) is 34.6 Å². The predicted molar refractivity (Wildman–Crippen MR) is 146 cm³/mol. The summed E-state index contributed by atoms with van der Waals surface area (Å²) >= 11 is 1.59. The van der Waals surface area contributed by atoms with Crippen LogP contribution in [0.4, 0.5) is 0 Å². The highest BCUT2D eigenvalue weighted by molar-refractivity contribution is 7.09. The number of thiazole rings is 1. The molecular weight excluding hydrogens is 512 g/mol.